The van der Waals surface area contributed by atoms with Crippen molar-refractivity contribution in [1.82, 2.24) is 9.38 Å². The van der Waals surface area contributed by atoms with Crippen LogP contribution in [0.1, 0.15) is 39.9 Å². The van der Waals surface area contributed by atoms with Crippen LogP contribution in [0.3, 0.4) is 0 Å². The standard InChI is InChI=1S/C23H25N3O3S2/c1-15-7-10-20(11-8-15)31(28,29)25-19-6-4-5-18(13-19)9-12-22(27)21-14-24-23-26(21)16(2)17(3)30-23/h4-8,10-11,13-14,22,25,27H,9,12H2,1-3H3. The van der Waals surface area contributed by atoms with E-state index in [4.69, 9.17) is 0 Å². The van der Waals surface area contributed by atoms with Gasteiger partial charge in [-0.25, -0.2) is 13.4 Å². The molecule has 0 aliphatic rings. The molecule has 0 bridgehead atoms. The molecule has 0 saturated carbocycles. The van der Waals surface area contributed by atoms with E-state index in [9.17, 15) is 13.5 Å². The number of thiazole rings is 1. The van der Waals surface area contributed by atoms with E-state index in [0.717, 1.165) is 27.5 Å². The topological polar surface area (TPSA) is 83.7 Å². The summed E-state index contributed by atoms with van der Waals surface area (Å²) in [7, 11) is -3.65. The molecule has 1 atom stereocenters. The Morgan fingerprint density at radius 2 is 1.87 bits per heavy atom. The summed E-state index contributed by atoms with van der Waals surface area (Å²) in [5.74, 6) is 0. The van der Waals surface area contributed by atoms with Crippen LogP contribution in [-0.4, -0.2) is 22.9 Å². The van der Waals surface area contributed by atoms with Gasteiger partial charge in [0, 0.05) is 16.3 Å². The fraction of sp³-hybridized carbons (Fsp3) is 0.261. The maximum atomic E-state index is 12.6. The Morgan fingerprint density at radius 3 is 2.61 bits per heavy atom. The lowest BCUT2D eigenvalue weighted by atomic mass is 10.0. The third-order valence-electron chi connectivity index (χ3n) is 5.40. The molecular formula is C23H25N3O3S2. The minimum Gasteiger partial charge on any atom is -0.387 e. The summed E-state index contributed by atoms with van der Waals surface area (Å²) >= 11 is 1.61. The molecule has 2 N–H and O–H groups in total. The zero-order valence-electron chi connectivity index (χ0n) is 17.7. The van der Waals surface area contributed by atoms with E-state index < -0.39 is 16.1 Å². The predicted molar refractivity (Wildman–Crippen MR) is 124 cm³/mol. The molecule has 2 aromatic heterocycles. The molecule has 0 spiro atoms. The number of hydrogen-bond donors (Lipinski definition) is 2. The maximum absolute atomic E-state index is 12.6. The lowest BCUT2D eigenvalue weighted by Crippen LogP contribution is -2.13. The van der Waals surface area contributed by atoms with Crippen molar-refractivity contribution in [1.29, 1.82) is 0 Å². The molecule has 162 valence electrons. The molecule has 2 heterocycles. The van der Waals surface area contributed by atoms with Crippen LogP contribution in [0.15, 0.2) is 59.6 Å². The summed E-state index contributed by atoms with van der Waals surface area (Å²) in [5.41, 5.74) is 4.33. The largest absolute Gasteiger partial charge is 0.387 e. The number of nitrogens with zero attached hydrogens (tertiary/aromatic N) is 2. The van der Waals surface area contributed by atoms with Gasteiger partial charge >= 0.3 is 0 Å². The highest BCUT2D eigenvalue weighted by molar-refractivity contribution is 7.92. The fourth-order valence-corrected chi connectivity index (χ4v) is 5.53. The van der Waals surface area contributed by atoms with Gasteiger partial charge in [-0.15, -0.1) is 11.3 Å². The SMILES string of the molecule is Cc1ccc(S(=O)(=O)Nc2cccc(CCC(O)c3cnc4sc(C)c(C)n34)c2)cc1. The third-order valence-corrected chi connectivity index (χ3v) is 7.87. The van der Waals surface area contributed by atoms with Gasteiger partial charge in [-0.3, -0.25) is 9.12 Å². The van der Waals surface area contributed by atoms with Gasteiger partial charge in [0.05, 0.1) is 22.9 Å². The monoisotopic (exact) mass is 455 g/mol. The number of aromatic nitrogens is 2. The van der Waals surface area contributed by atoms with E-state index >= 15 is 0 Å². The molecule has 8 heteroatoms. The smallest absolute Gasteiger partial charge is 0.261 e. The van der Waals surface area contributed by atoms with Crippen LogP contribution in [-0.2, 0) is 16.4 Å². The molecule has 1 unspecified atom stereocenters. The number of hydrogen-bond acceptors (Lipinski definition) is 5. The lowest BCUT2D eigenvalue weighted by Gasteiger charge is -2.12. The Kier molecular flexibility index (Phi) is 5.88. The Hall–Kier alpha value is -2.68. The highest BCUT2D eigenvalue weighted by Gasteiger charge is 2.18. The summed E-state index contributed by atoms with van der Waals surface area (Å²) in [6, 6.07) is 14.0. The number of fused-ring (bicyclic) bond motifs is 1. The molecule has 0 aliphatic carbocycles. The minimum atomic E-state index is -3.65. The van der Waals surface area contributed by atoms with Crippen molar-refractivity contribution >= 4 is 32.0 Å². The molecular weight excluding hydrogens is 430 g/mol. The first-order valence-electron chi connectivity index (χ1n) is 10.0. The Morgan fingerprint density at radius 1 is 1.13 bits per heavy atom. The van der Waals surface area contributed by atoms with Crippen molar-refractivity contribution in [3.63, 3.8) is 0 Å². The first-order valence-corrected chi connectivity index (χ1v) is 12.3. The maximum Gasteiger partial charge on any atom is 0.261 e. The lowest BCUT2D eigenvalue weighted by molar-refractivity contribution is 0.162. The van der Waals surface area contributed by atoms with Gasteiger partial charge in [-0.2, -0.15) is 0 Å². The van der Waals surface area contributed by atoms with Crippen LogP contribution in [0, 0.1) is 20.8 Å². The first kappa shape index (κ1) is 21.5. The second kappa shape index (κ2) is 8.45. The van der Waals surface area contributed by atoms with Crippen molar-refractivity contribution < 1.29 is 13.5 Å². The zero-order chi connectivity index (χ0) is 22.2. The summed E-state index contributed by atoms with van der Waals surface area (Å²) in [5, 5.41) is 10.8. The molecule has 31 heavy (non-hydrogen) atoms. The second-order valence-corrected chi connectivity index (χ2v) is 10.6. The summed E-state index contributed by atoms with van der Waals surface area (Å²) in [6.45, 7) is 5.99. The van der Waals surface area contributed by atoms with Crippen molar-refractivity contribution in [2.45, 2.75) is 44.6 Å². The van der Waals surface area contributed by atoms with Gasteiger partial charge in [0.1, 0.15) is 0 Å². The van der Waals surface area contributed by atoms with E-state index in [1.807, 2.05) is 43.4 Å². The number of sulfonamides is 1. The fourth-order valence-electron chi connectivity index (χ4n) is 3.53. The average molecular weight is 456 g/mol. The highest BCUT2D eigenvalue weighted by atomic mass is 32.2. The van der Waals surface area contributed by atoms with Gasteiger partial charge in [0.25, 0.3) is 10.0 Å². The van der Waals surface area contributed by atoms with Crippen LogP contribution in [0.25, 0.3) is 4.96 Å². The number of imidazole rings is 1. The molecule has 0 amide bonds. The summed E-state index contributed by atoms with van der Waals surface area (Å²) in [4.78, 5) is 6.71. The predicted octanol–water partition coefficient (Wildman–Crippen LogP) is 4.79. The molecule has 4 aromatic rings. The first-order chi connectivity index (χ1) is 14.7. The molecule has 2 aromatic carbocycles. The average Bonchev–Trinajstić information content (AvgIpc) is 3.26. The summed E-state index contributed by atoms with van der Waals surface area (Å²) in [6.07, 6.45) is 2.19. The van der Waals surface area contributed by atoms with Crippen molar-refractivity contribution in [3.8, 4) is 0 Å². The van der Waals surface area contributed by atoms with Gasteiger partial charge in [-0.1, -0.05) is 29.8 Å². The number of nitrogens with one attached hydrogen (secondary N) is 1. The highest BCUT2D eigenvalue weighted by Crippen LogP contribution is 2.28. The van der Waals surface area contributed by atoms with Gasteiger partial charge < -0.3 is 5.11 Å². The number of benzene rings is 2. The van der Waals surface area contributed by atoms with Gasteiger partial charge in [0.2, 0.25) is 0 Å². The molecule has 0 aliphatic heterocycles. The van der Waals surface area contributed by atoms with Crippen molar-refractivity contribution in [3.05, 3.63) is 82.1 Å². The van der Waals surface area contributed by atoms with E-state index in [-0.39, 0.29) is 4.90 Å². The summed E-state index contributed by atoms with van der Waals surface area (Å²) < 4.78 is 29.9. The minimum absolute atomic E-state index is 0.227. The van der Waals surface area contributed by atoms with Gasteiger partial charge in [-0.05, 0) is 63.4 Å². The van der Waals surface area contributed by atoms with E-state index in [2.05, 4.69) is 9.71 Å². The Labute approximate surface area is 186 Å². The van der Waals surface area contributed by atoms with Crippen molar-refractivity contribution in [2.24, 2.45) is 0 Å². The molecule has 0 saturated heterocycles. The number of anilines is 1. The Balaban J connectivity index is 1.46. The molecule has 0 fully saturated rings. The number of rotatable bonds is 7. The Bertz CT molecular complexity index is 1320. The van der Waals surface area contributed by atoms with Crippen molar-refractivity contribution in [2.75, 3.05) is 4.72 Å². The third kappa shape index (κ3) is 4.51. The second-order valence-electron chi connectivity index (χ2n) is 7.72. The van der Waals surface area contributed by atoms with E-state index in [1.165, 1.54) is 4.88 Å². The normalized spacial score (nSPS) is 12.9. The molecule has 4 rings (SSSR count). The van der Waals surface area contributed by atoms with Crippen LogP contribution < -0.4 is 4.72 Å². The van der Waals surface area contributed by atoms with Crippen LogP contribution in [0.2, 0.25) is 0 Å². The van der Waals surface area contributed by atoms with E-state index in [1.54, 1.807) is 47.9 Å². The number of aliphatic hydroxyl groups excluding tert-OH is 1. The zero-order valence-corrected chi connectivity index (χ0v) is 19.3. The van der Waals surface area contributed by atoms with Crippen LogP contribution in [0.4, 0.5) is 5.69 Å². The van der Waals surface area contributed by atoms with E-state index in [0.29, 0.717) is 18.5 Å². The number of aliphatic hydroxyl groups is 1. The molecule has 0 radical (unpaired) electrons. The van der Waals surface area contributed by atoms with Crippen LogP contribution >= 0.6 is 11.3 Å². The molecule has 6 nitrogen and oxygen atoms in total. The van der Waals surface area contributed by atoms with Gasteiger partial charge in [0.15, 0.2) is 4.96 Å². The quantitative estimate of drug-likeness (QED) is 0.420. The van der Waals surface area contributed by atoms with Crippen LogP contribution in [0.5, 0.6) is 0 Å². The number of aryl methyl sites for hydroxylation is 4.